The fourth-order valence-electron chi connectivity index (χ4n) is 1.71. The highest BCUT2D eigenvalue weighted by Crippen LogP contribution is 2.32. The third-order valence-corrected chi connectivity index (χ3v) is 2.75. The van der Waals surface area contributed by atoms with E-state index in [1.165, 1.54) is 12.1 Å². The summed E-state index contributed by atoms with van der Waals surface area (Å²) < 4.78 is 10.0. The van der Waals surface area contributed by atoms with Crippen LogP contribution in [0.3, 0.4) is 0 Å². The maximum absolute atomic E-state index is 11.4. The highest BCUT2D eigenvalue weighted by molar-refractivity contribution is 5.92. The minimum Gasteiger partial charge on any atom is -0.502 e. The summed E-state index contributed by atoms with van der Waals surface area (Å²) in [5, 5.41) is 20.9. The summed E-state index contributed by atoms with van der Waals surface area (Å²) in [5.74, 6) is -1.53. The molecule has 0 aromatic heterocycles. The number of unbranched alkanes of at least 4 members (excludes halogenated alkanes) is 1. The maximum Gasteiger partial charge on any atom is 0.373 e. The van der Waals surface area contributed by atoms with Gasteiger partial charge >= 0.3 is 11.7 Å². The lowest BCUT2D eigenvalue weighted by atomic mass is 10.1. The van der Waals surface area contributed by atoms with Crippen LogP contribution < -0.4 is 4.74 Å². The van der Waals surface area contributed by atoms with Gasteiger partial charge in [0, 0.05) is 6.08 Å². The van der Waals surface area contributed by atoms with Crippen molar-refractivity contribution in [3.63, 3.8) is 0 Å². The molecule has 1 rings (SSSR count). The molecule has 0 fully saturated rings. The second-order valence-electron chi connectivity index (χ2n) is 4.40. The number of carbonyl (C=O) groups excluding carboxylic acids is 1. The zero-order valence-electron chi connectivity index (χ0n) is 12.6. The molecule has 0 radical (unpaired) electrons. The van der Waals surface area contributed by atoms with Gasteiger partial charge in [-0.15, -0.1) is 0 Å². The molecule has 120 valence electrons. The molecule has 1 aromatic carbocycles. The van der Waals surface area contributed by atoms with E-state index in [0.29, 0.717) is 6.61 Å². The largest absolute Gasteiger partial charge is 0.502 e. The van der Waals surface area contributed by atoms with Crippen molar-refractivity contribution in [1.29, 1.82) is 0 Å². The Kier molecular flexibility index (Phi) is 6.88. The Bertz CT molecular complexity index is 567. The summed E-state index contributed by atoms with van der Waals surface area (Å²) in [6.45, 7) is 4.03. The van der Waals surface area contributed by atoms with Crippen LogP contribution >= 0.6 is 0 Å². The number of nitro benzene ring substituents is 1. The first-order chi connectivity index (χ1) is 10.5. The molecule has 0 heterocycles. The average molecular weight is 309 g/mol. The van der Waals surface area contributed by atoms with Gasteiger partial charge < -0.3 is 14.6 Å². The van der Waals surface area contributed by atoms with E-state index in [0.717, 1.165) is 18.9 Å². The second-order valence-corrected chi connectivity index (χ2v) is 4.40. The predicted octanol–water partition coefficient (Wildman–Crippen LogP) is 3.24. The molecule has 22 heavy (non-hydrogen) atoms. The van der Waals surface area contributed by atoms with Crippen LogP contribution in [0.1, 0.15) is 32.3 Å². The van der Waals surface area contributed by atoms with E-state index in [9.17, 15) is 20.0 Å². The van der Waals surface area contributed by atoms with Gasteiger partial charge in [-0.2, -0.15) is 0 Å². The number of para-hydroxylation sites is 1. The molecule has 0 atom stereocenters. The van der Waals surface area contributed by atoms with Crippen LogP contribution in [0.5, 0.6) is 5.75 Å². The van der Waals surface area contributed by atoms with Gasteiger partial charge in [0.1, 0.15) is 0 Å². The first kappa shape index (κ1) is 17.5. The van der Waals surface area contributed by atoms with Crippen molar-refractivity contribution in [2.24, 2.45) is 0 Å². The zero-order chi connectivity index (χ0) is 16.5. The average Bonchev–Trinajstić information content (AvgIpc) is 2.47. The Morgan fingerprint density at radius 2 is 2.14 bits per heavy atom. The molecule has 0 unspecified atom stereocenters. The van der Waals surface area contributed by atoms with Gasteiger partial charge in [0.05, 0.1) is 23.7 Å². The van der Waals surface area contributed by atoms with Crippen LogP contribution in [0.2, 0.25) is 0 Å². The van der Waals surface area contributed by atoms with E-state index in [-0.39, 0.29) is 23.6 Å². The van der Waals surface area contributed by atoms with Crippen molar-refractivity contribution in [1.82, 2.24) is 0 Å². The van der Waals surface area contributed by atoms with Gasteiger partial charge in [0.2, 0.25) is 5.76 Å². The monoisotopic (exact) mass is 309 g/mol. The fourth-order valence-corrected chi connectivity index (χ4v) is 1.71. The molecular weight excluding hydrogens is 290 g/mol. The topological polar surface area (TPSA) is 98.9 Å². The maximum atomic E-state index is 11.4. The molecule has 0 aliphatic heterocycles. The third-order valence-electron chi connectivity index (χ3n) is 2.75. The van der Waals surface area contributed by atoms with Gasteiger partial charge in [-0.1, -0.05) is 19.4 Å². The first-order valence-electron chi connectivity index (χ1n) is 6.99. The molecule has 0 aliphatic rings. The normalized spacial score (nSPS) is 11.1. The summed E-state index contributed by atoms with van der Waals surface area (Å²) in [6.07, 6.45) is 2.67. The van der Waals surface area contributed by atoms with Crippen LogP contribution in [0, 0.1) is 10.1 Å². The Labute approximate surface area is 128 Å². The van der Waals surface area contributed by atoms with Crippen molar-refractivity contribution in [3.05, 3.63) is 39.6 Å². The number of nitrogens with zero attached hydrogens (tertiary/aromatic N) is 1. The lowest BCUT2D eigenvalue weighted by Gasteiger charge is -2.08. The quantitative estimate of drug-likeness (QED) is 0.198. The number of nitro groups is 1. The van der Waals surface area contributed by atoms with Gasteiger partial charge in [0.25, 0.3) is 0 Å². The van der Waals surface area contributed by atoms with E-state index >= 15 is 0 Å². The number of hydrogen-bond donors (Lipinski definition) is 1. The van der Waals surface area contributed by atoms with Crippen molar-refractivity contribution < 1.29 is 24.3 Å². The number of rotatable bonds is 8. The predicted molar refractivity (Wildman–Crippen MR) is 80.7 cm³/mol. The minimum absolute atomic E-state index is 0.0737. The molecule has 0 saturated carbocycles. The Balaban J connectivity index is 3.13. The third kappa shape index (κ3) is 4.76. The SMILES string of the molecule is CCCCOc1cccc(/C=C(\O)C(=O)OCC)c1[N+](=O)[O-]. The molecule has 7 heteroatoms. The van der Waals surface area contributed by atoms with E-state index in [1.54, 1.807) is 13.0 Å². The minimum atomic E-state index is -0.936. The van der Waals surface area contributed by atoms with Crippen LogP contribution in [0.4, 0.5) is 5.69 Å². The standard InChI is InChI=1S/C15H19NO6/c1-3-5-9-22-13-8-6-7-11(14(13)16(19)20)10-12(17)15(18)21-4-2/h6-8,10,17H,3-5,9H2,1-2H3/b12-10-. The van der Waals surface area contributed by atoms with Crippen LogP contribution in [0.15, 0.2) is 24.0 Å². The molecule has 0 saturated heterocycles. The van der Waals surface area contributed by atoms with Gasteiger partial charge in [-0.05, 0) is 25.5 Å². The van der Waals surface area contributed by atoms with Crippen molar-refractivity contribution in [3.8, 4) is 5.75 Å². The molecule has 7 nitrogen and oxygen atoms in total. The number of aliphatic hydroxyl groups excluding tert-OH is 1. The lowest BCUT2D eigenvalue weighted by molar-refractivity contribution is -0.386. The number of benzene rings is 1. The summed E-state index contributed by atoms with van der Waals surface area (Å²) in [4.78, 5) is 22.0. The molecule has 1 N–H and O–H groups in total. The van der Waals surface area contributed by atoms with E-state index < -0.39 is 16.7 Å². The van der Waals surface area contributed by atoms with Gasteiger partial charge in [0.15, 0.2) is 5.75 Å². The summed E-state index contributed by atoms with van der Waals surface area (Å²) in [7, 11) is 0. The first-order valence-corrected chi connectivity index (χ1v) is 6.99. The number of aliphatic hydroxyl groups is 1. The smallest absolute Gasteiger partial charge is 0.373 e. The Morgan fingerprint density at radius 1 is 1.41 bits per heavy atom. The van der Waals surface area contributed by atoms with E-state index in [1.807, 2.05) is 6.92 Å². The number of esters is 1. The van der Waals surface area contributed by atoms with Gasteiger partial charge in [-0.25, -0.2) is 4.79 Å². The number of hydrogen-bond acceptors (Lipinski definition) is 6. The molecule has 1 aromatic rings. The zero-order valence-corrected chi connectivity index (χ0v) is 12.6. The Morgan fingerprint density at radius 3 is 2.73 bits per heavy atom. The number of carbonyl (C=O) groups is 1. The molecular formula is C15H19NO6. The van der Waals surface area contributed by atoms with Crippen molar-refractivity contribution in [2.75, 3.05) is 13.2 Å². The molecule has 0 spiro atoms. The highest BCUT2D eigenvalue weighted by Gasteiger charge is 2.21. The van der Waals surface area contributed by atoms with Crippen molar-refractivity contribution in [2.45, 2.75) is 26.7 Å². The number of ether oxygens (including phenoxy) is 2. The summed E-state index contributed by atoms with van der Waals surface area (Å²) in [5.41, 5.74) is -0.223. The Hall–Kier alpha value is -2.57. The lowest BCUT2D eigenvalue weighted by Crippen LogP contribution is -2.07. The fraction of sp³-hybridized carbons (Fsp3) is 0.400. The van der Waals surface area contributed by atoms with Gasteiger partial charge in [-0.3, -0.25) is 10.1 Å². The van der Waals surface area contributed by atoms with Crippen LogP contribution in [-0.4, -0.2) is 29.2 Å². The van der Waals surface area contributed by atoms with E-state index in [2.05, 4.69) is 4.74 Å². The van der Waals surface area contributed by atoms with Crippen LogP contribution in [0.25, 0.3) is 6.08 Å². The van der Waals surface area contributed by atoms with E-state index in [4.69, 9.17) is 4.74 Å². The second kappa shape index (κ2) is 8.66. The van der Waals surface area contributed by atoms with Crippen molar-refractivity contribution >= 4 is 17.7 Å². The molecule has 0 aliphatic carbocycles. The summed E-state index contributed by atoms with van der Waals surface area (Å²) in [6, 6.07) is 4.45. The molecule has 0 amide bonds. The summed E-state index contributed by atoms with van der Waals surface area (Å²) >= 11 is 0. The van der Waals surface area contributed by atoms with Crippen LogP contribution in [-0.2, 0) is 9.53 Å². The molecule has 0 bridgehead atoms. The highest BCUT2D eigenvalue weighted by atomic mass is 16.6.